The highest BCUT2D eigenvalue weighted by atomic mass is 32.2. The van der Waals surface area contributed by atoms with Crippen LogP contribution < -0.4 is 10.5 Å². The lowest BCUT2D eigenvalue weighted by atomic mass is 10.2. The molecule has 0 aliphatic heterocycles. The van der Waals surface area contributed by atoms with Gasteiger partial charge in [0.1, 0.15) is 5.82 Å². The van der Waals surface area contributed by atoms with Crippen molar-refractivity contribution in [2.45, 2.75) is 16.7 Å². The van der Waals surface area contributed by atoms with E-state index in [1.807, 2.05) is 12.3 Å². The van der Waals surface area contributed by atoms with Gasteiger partial charge in [0.25, 0.3) is 10.0 Å². The van der Waals surface area contributed by atoms with Gasteiger partial charge in [-0.05, 0) is 37.4 Å². The van der Waals surface area contributed by atoms with Crippen LogP contribution in [0.25, 0.3) is 0 Å². The van der Waals surface area contributed by atoms with Gasteiger partial charge in [0.15, 0.2) is 0 Å². The molecule has 0 bridgehead atoms. The molecule has 0 heterocycles. The molecule has 0 atom stereocenters. The number of rotatable bonds is 4. The Morgan fingerprint density at radius 3 is 2.57 bits per heavy atom. The molecule has 0 amide bonds. The maximum Gasteiger partial charge on any atom is 0.262 e. The molecule has 0 saturated carbocycles. The lowest BCUT2D eigenvalue weighted by Crippen LogP contribution is -2.16. The summed E-state index contributed by atoms with van der Waals surface area (Å²) in [5.41, 5.74) is 6.10. The number of nitrogens with two attached hydrogens (primary N) is 1. The van der Waals surface area contributed by atoms with E-state index in [1.54, 1.807) is 18.2 Å². The van der Waals surface area contributed by atoms with Crippen LogP contribution in [0.5, 0.6) is 0 Å². The zero-order valence-electron chi connectivity index (χ0n) is 11.6. The summed E-state index contributed by atoms with van der Waals surface area (Å²) in [5.74, 6) is -0.645. The average molecular weight is 326 g/mol. The fraction of sp³-hybridized carbons (Fsp3) is 0.143. The molecule has 0 aliphatic carbocycles. The van der Waals surface area contributed by atoms with Gasteiger partial charge in [-0.1, -0.05) is 12.1 Å². The first-order chi connectivity index (χ1) is 9.85. The lowest BCUT2D eigenvalue weighted by molar-refractivity contribution is 0.591. The Balaban J connectivity index is 2.49. The summed E-state index contributed by atoms with van der Waals surface area (Å²) in [6.07, 6.45) is 1.85. The Kier molecular flexibility index (Phi) is 4.43. The molecule has 7 heteroatoms. The molecule has 2 rings (SSSR count). The van der Waals surface area contributed by atoms with Crippen LogP contribution in [-0.4, -0.2) is 14.7 Å². The van der Waals surface area contributed by atoms with Gasteiger partial charge in [0, 0.05) is 16.1 Å². The van der Waals surface area contributed by atoms with Crippen molar-refractivity contribution in [3.8, 4) is 0 Å². The molecule has 21 heavy (non-hydrogen) atoms. The van der Waals surface area contributed by atoms with E-state index < -0.39 is 15.8 Å². The van der Waals surface area contributed by atoms with Crippen LogP contribution in [0, 0.1) is 12.7 Å². The highest BCUT2D eigenvalue weighted by Gasteiger charge is 2.21. The first-order valence-electron chi connectivity index (χ1n) is 6.06. The molecule has 0 spiro atoms. The number of para-hydroxylation sites is 1. The van der Waals surface area contributed by atoms with Gasteiger partial charge in [0.05, 0.1) is 10.6 Å². The number of benzene rings is 2. The zero-order chi connectivity index (χ0) is 15.6. The van der Waals surface area contributed by atoms with E-state index in [-0.39, 0.29) is 16.1 Å². The second kappa shape index (κ2) is 5.95. The number of nitrogen functional groups attached to an aromatic ring is 1. The summed E-state index contributed by atoms with van der Waals surface area (Å²) >= 11 is 1.42. The second-order valence-corrected chi connectivity index (χ2v) is 6.93. The molecule has 2 aromatic carbocycles. The number of hydrogen-bond donors (Lipinski definition) is 2. The Morgan fingerprint density at radius 2 is 1.90 bits per heavy atom. The Morgan fingerprint density at radius 1 is 1.24 bits per heavy atom. The van der Waals surface area contributed by atoms with Crippen molar-refractivity contribution in [1.82, 2.24) is 0 Å². The number of thioether (sulfide) groups is 1. The van der Waals surface area contributed by atoms with Crippen LogP contribution in [0.1, 0.15) is 5.56 Å². The summed E-state index contributed by atoms with van der Waals surface area (Å²) in [6, 6.07) is 9.35. The third-order valence-corrected chi connectivity index (χ3v) is 5.25. The van der Waals surface area contributed by atoms with Crippen molar-refractivity contribution in [2.24, 2.45) is 0 Å². The summed E-state index contributed by atoms with van der Waals surface area (Å²) in [5, 5.41) is 0. The Hall–Kier alpha value is -1.73. The average Bonchev–Trinajstić information content (AvgIpc) is 2.43. The minimum atomic E-state index is -3.90. The van der Waals surface area contributed by atoms with E-state index in [4.69, 9.17) is 5.73 Å². The smallest absolute Gasteiger partial charge is 0.262 e. The fourth-order valence-electron chi connectivity index (χ4n) is 1.88. The SMILES string of the molecule is CSc1ccccc1NS(=O)(=O)c1cc(N)cc(F)c1C. The number of nitrogens with one attached hydrogen (secondary N) is 1. The van der Waals surface area contributed by atoms with Gasteiger partial charge in [-0.2, -0.15) is 0 Å². The summed E-state index contributed by atoms with van der Waals surface area (Å²) in [7, 11) is -3.90. The van der Waals surface area contributed by atoms with Gasteiger partial charge in [-0.25, -0.2) is 12.8 Å². The minimum Gasteiger partial charge on any atom is -0.399 e. The molecule has 2 aromatic rings. The molecule has 4 nitrogen and oxygen atoms in total. The first kappa shape index (κ1) is 15.7. The fourth-order valence-corrected chi connectivity index (χ4v) is 3.87. The summed E-state index contributed by atoms with van der Waals surface area (Å²) in [4.78, 5) is 0.624. The predicted octanol–water partition coefficient (Wildman–Crippen LogP) is 3.24. The van der Waals surface area contributed by atoms with Crippen molar-refractivity contribution >= 4 is 33.2 Å². The number of anilines is 2. The quantitative estimate of drug-likeness (QED) is 0.668. The molecule has 0 aliphatic rings. The number of halogens is 1. The van der Waals surface area contributed by atoms with Crippen molar-refractivity contribution in [3.05, 3.63) is 47.8 Å². The maximum absolute atomic E-state index is 13.7. The highest BCUT2D eigenvalue weighted by Crippen LogP contribution is 2.29. The molecule has 0 aromatic heterocycles. The van der Waals surface area contributed by atoms with Gasteiger partial charge < -0.3 is 5.73 Å². The van der Waals surface area contributed by atoms with Crippen molar-refractivity contribution in [1.29, 1.82) is 0 Å². The van der Waals surface area contributed by atoms with E-state index in [9.17, 15) is 12.8 Å². The van der Waals surface area contributed by atoms with Crippen LogP contribution >= 0.6 is 11.8 Å². The monoisotopic (exact) mass is 326 g/mol. The molecule has 0 saturated heterocycles. The minimum absolute atomic E-state index is 0.0401. The largest absolute Gasteiger partial charge is 0.399 e. The van der Waals surface area contributed by atoms with E-state index in [0.29, 0.717) is 5.69 Å². The Bertz CT molecular complexity index is 777. The van der Waals surface area contributed by atoms with Gasteiger partial charge >= 0.3 is 0 Å². The Labute approximate surface area is 127 Å². The van der Waals surface area contributed by atoms with E-state index in [2.05, 4.69) is 4.72 Å². The van der Waals surface area contributed by atoms with Gasteiger partial charge in [-0.15, -0.1) is 11.8 Å². The summed E-state index contributed by atoms with van der Waals surface area (Å²) in [6.45, 7) is 1.41. The number of hydrogen-bond acceptors (Lipinski definition) is 4. The maximum atomic E-state index is 13.7. The van der Waals surface area contributed by atoms with E-state index in [0.717, 1.165) is 11.0 Å². The van der Waals surface area contributed by atoms with Gasteiger partial charge in [-0.3, -0.25) is 4.72 Å². The normalized spacial score (nSPS) is 11.4. The predicted molar refractivity (Wildman–Crippen MR) is 84.6 cm³/mol. The lowest BCUT2D eigenvalue weighted by Gasteiger charge is -2.13. The molecule has 112 valence electrons. The van der Waals surface area contributed by atoms with E-state index >= 15 is 0 Å². The van der Waals surface area contributed by atoms with Crippen LogP contribution in [-0.2, 0) is 10.0 Å². The third-order valence-electron chi connectivity index (χ3n) is 2.96. The topological polar surface area (TPSA) is 72.2 Å². The first-order valence-corrected chi connectivity index (χ1v) is 8.77. The molecular formula is C14H15FN2O2S2. The summed E-state index contributed by atoms with van der Waals surface area (Å²) < 4.78 is 41.1. The molecule has 0 fully saturated rings. The third kappa shape index (κ3) is 3.30. The molecule has 0 radical (unpaired) electrons. The van der Waals surface area contributed by atoms with Crippen LogP contribution in [0.3, 0.4) is 0 Å². The van der Waals surface area contributed by atoms with Crippen LogP contribution in [0.2, 0.25) is 0 Å². The molecule has 0 unspecified atom stereocenters. The number of sulfonamides is 1. The van der Waals surface area contributed by atoms with Crippen LogP contribution in [0.4, 0.5) is 15.8 Å². The van der Waals surface area contributed by atoms with Crippen molar-refractivity contribution in [2.75, 3.05) is 16.7 Å². The zero-order valence-corrected chi connectivity index (χ0v) is 13.2. The second-order valence-electron chi connectivity index (χ2n) is 4.43. The van der Waals surface area contributed by atoms with Crippen molar-refractivity contribution < 1.29 is 12.8 Å². The molecular weight excluding hydrogens is 311 g/mol. The van der Waals surface area contributed by atoms with Gasteiger partial charge in [0.2, 0.25) is 0 Å². The highest BCUT2D eigenvalue weighted by molar-refractivity contribution is 7.99. The standard InChI is InChI=1S/C14H15FN2O2S2/c1-9-11(15)7-10(16)8-14(9)21(18,19)17-12-5-3-4-6-13(12)20-2/h3-8,17H,16H2,1-2H3. The van der Waals surface area contributed by atoms with Crippen molar-refractivity contribution in [3.63, 3.8) is 0 Å². The van der Waals surface area contributed by atoms with Crippen LogP contribution in [0.15, 0.2) is 46.2 Å². The van der Waals surface area contributed by atoms with E-state index in [1.165, 1.54) is 24.8 Å². The molecule has 3 N–H and O–H groups in total.